The lowest BCUT2D eigenvalue weighted by atomic mass is 10.0. The Bertz CT molecular complexity index is 442. The predicted octanol–water partition coefficient (Wildman–Crippen LogP) is 2.85. The van der Waals surface area contributed by atoms with Crippen molar-refractivity contribution in [3.63, 3.8) is 0 Å². The number of nitrogens with zero attached hydrogens (tertiary/aromatic N) is 1. The van der Waals surface area contributed by atoms with Gasteiger partial charge < -0.3 is 14.7 Å². The van der Waals surface area contributed by atoms with Gasteiger partial charge >= 0.3 is 0 Å². The van der Waals surface area contributed by atoms with Gasteiger partial charge in [-0.3, -0.25) is 0 Å². The van der Waals surface area contributed by atoms with Crippen molar-refractivity contribution in [2.24, 2.45) is 11.8 Å². The third kappa shape index (κ3) is 3.30. The van der Waals surface area contributed by atoms with Crippen molar-refractivity contribution in [2.75, 3.05) is 26.7 Å². The zero-order valence-corrected chi connectivity index (χ0v) is 12.5. The maximum absolute atomic E-state index is 13.9. The van der Waals surface area contributed by atoms with Crippen molar-refractivity contribution < 1.29 is 14.2 Å². The molecule has 1 N–H and O–H groups in total. The zero-order chi connectivity index (χ0) is 14.7. The maximum atomic E-state index is 13.9. The summed E-state index contributed by atoms with van der Waals surface area (Å²) in [5.41, 5.74) is 0.273. The third-order valence-electron chi connectivity index (χ3n) is 4.35. The minimum Gasteiger partial charge on any atom is -0.496 e. The van der Waals surface area contributed by atoms with Crippen LogP contribution in [0.3, 0.4) is 0 Å². The number of ether oxygens (including phenoxy) is 1. The van der Waals surface area contributed by atoms with Crippen LogP contribution in [0.1, 0.15) is 31.9 Å². The molecule has 1 aliphatic rings. The fourth-order valence-electron chi connectivity index (χ4n) is 2.90. The average Bonchev–Trinajstić information content (AvgIpc) is 2.74. The van der Waals surface area contributed by atoms with Gasteiger partial charge in [0.05, 0.1) is 18.8 Å². The van der Waals surface area contributed by atoms with Crippen LogP contribution in [0.4, 0.5) is 4.39 Å². The summed E-state index contributed by atoms with van der Waals surface area (Å²) < 4.78 is 19.0. The topological polar surface area (TPSA) is 32.7 Å². The van der Waals surface area contributed by atoms with Crippen molar-refractivity contribution in [2.45, 2.75) is 26.4 Å². The lowest BCUT2D eigenvalue weighted by Crippen LogP contribution is -2.23. The molecule has 0 amide bonds. The van der Waals surface area contributed by atoms with E-state index in [4.69, 9.17) is 4.74 Å². The average molecular weight is 281 g/mol. The molecular formula is C16H24FNO2. The lowest BCUT2D eigenvalue weighted by Gasteiger charge is -2.20. The Morgan fingerprint density at radius 1 is 1.35 bits per heavy atom. The number of benzene rings is 1. The van der Waals surface area contributed by atoms with Gasteiger partial charge in [0.15, 0.2) is 0 Å². The molecule has 0 saturated carbocycles. The van der Waals surface area contributed by atoms with E-state index >= 15 is 0 Å². The molecule has 1 fully saturated rings. The Kier molecular flexibility index (Phi) is 5.00. The fourth-order valence-corrected chi connectivity index (χ4v) is 2.90. The second kappa shape index (κ2) is 6.55. The zero-order valence-electron chi connectivity index (χ0n) is 12.5. The molecule has 2 rings (SSSR count). The molecule has 0 bridgehead atoms. The Morgan fingerprint density at radius 3 is 2.60 bits per heavy atom. The number of likely N-dealkylation sites (tertiary alicyclic amines) is 1. The van der Waals surface area contributed by atoms with Crippen LogP contribution in [-0.4, -0.2) is 36.8 Å². The van der Waals surface area contributed by atoms with E-state index in [0.29, 0.717) is 24.0 Å². The first-order valence-corrected chi connectivity index (χ1v) is 7.25. The van der Waals surface area contributed by atoms with Crippen LogP contribution in [-0.2, 0) is 0 Å². The summed E-state index contributed by atoms with van der Waals surface area (Å²) in [6.07, 6.45) is -0.297. The van der Waals surface area contributed by atoms with Crippen molar-refractivity contribution >= 4 is 0 Å². The van der Waals surface area contributed by atoms with Gasteiger partial charge in [0.1, 0.15) is 11.6 Å². The van der Waals surface area contributed by atoms with Crippen LogP contribution >= 0.6 is 0 Å². The predicted molar refractivity (Wildman–Crippen MR) is 77.3 cm³/mol. The normalized spacial score (nSPS) is 24.9. The van der Waals surface area contributed by atoms with Crippen LogP contribution in [0.5, 0.6) is 5.75 Å². The van der Waals surface area contributed by atoms with Gasteiger partial charge in [-0.25, -0.2) is 4.39 Å². The van der Waals surface area contributed by atoms with Crippen LogP contribution in [0.25, 0.3) is 0 Å². The molecule has 1 heterocycles. The van der Waals surface area contributed by atoms with Crippen LogP contribution in [0, 0.1) is 17.7 Å². The lowest BCUT2D eigenvalue weighted by molar-refractivity contribution is 0.140. The van der Waals surface area contributed by atoms with Crippen molar-refractivity contribution in [3.8, 4) is 5.75 Å². The summed E-state index contributed by atoms with van der Waals surface area (Å²) in [7, 11) is 1.49. The highest BCUT2D eigenvalue weighted by molar-refractivity contribution is 5.36. The Balaban J connectivity index is 1.97. The smallest absolute Gasteiger partial charge is 0.132 e. The molecule has 1 aromatic carbocycles. The standard InChI is InChI=1S/C16H24FNO2/c1-11-9-18(10-12(11)2)8-7-14(19)16-13(17)5-4-6-15(16)20-3/h4-6,11-12,14,19H,7-10H2,1-3H3. The molecule has 1 aliphatic heterocycles. The van der Waals surface area contributed by atoms with E-state index in [0.717, 1.165) is 19.6 Å². The fraction of sp³-hybridized carbons (Fsp3) is 0.625. The molecular weight excluding hydrogens is 257 g/mol. The Morgan fingerprint density at radius 2 is 2.00 bits per heavy atom. The van der Waals surface area contributed by atoms with Crippen LogP contribution in [0.2, 0.25) is 0 Å². The second-order valence-corrected chi connectivity index (χ2v) is 5.87. The molecule has 0 radical (unpaired) electrons. The minimum atomic E-state index is -0.822. The van der Waals surface area contributed by atoms with Crippen molar-refractivity contribution in [3.05, 3.63) is 29.6 Å². The van der Waals surface area contributed by atoms with E-state index in [1.807, 2.05) is 0 Å². The molecule has 3 nitrogen and oxygen atoms in total. The molecule has 20 heavy (non-hydrogen) atoms. The summed E-state index contributed by atoms with van der Waals surface area (Å²) in [6.45, 7) is 7.40. The third-order valence-corrected chi connectivity index (χ3v) is 4.35. The first kappa shape index (κ1) is 15.3. The molecule has 0 aromatic heterocycles. The van der Waals surface area contributed by atoms with Gasteiger partial charge in [-0.05, 0) is 30.4 Å². The van der Waals surface area contributed by atoms with E-state index in [1.54, 1.807) is 12.1 Å². The van der Waals surface area contributed by atoms with E-state index in [1.165, 1.54) is 13.2 Å². The van der Waals surface area contributed by atoms with Gasteiger partial charge in [-0.15, -0.1) is 0 Å². The van der Waals surface area contributed by atoms with E-state index < -0.39 is 11.9 Å². The van der Waals surface area contributed by atoms with Crippen molar-refractivity contribution in [1.29, 1.82) is 0 Å². The number of aliphatic hydroxyl groups excluding tert-OH is 1. The quantitative estimate of drug-likeness (QED) is 0.901. The highest BCUT2D eigenvalue weighted by Gasteiger charge is 2.27. The minimum absolute atomic E-state index is 0.273. The molecule has 3 unspecified atom stereocenters. The largest absolute Gasteiger partial charge is 0.496 e. The van der Waals surface area contributed by atoms with Crippen LogP contribution in [0.15, 0.2) is 18.2 Å². The number of halogens is 1. The molecule has 4 heteroatoms. The SMILES string of the molecule is COc1cccc(F)c1C(O)CCN1CC(C)C(C)C1. The monoisotopic (exact) mass is 281 g/mol. The van der Waals surface area contributed by atoms with E-state index in [-0.39, 0.29) is 5.56 Å². The maximum Gasteiger partial charge on any atom is 0.132 e. The summed E-state index contributed by atoms with van der Waals surface area (Å²) in [4.78, 5) is 2.34. The number of hydrogen-bond acceptors (Lipinski definition) is 3. The van der Waals surface area contributed by atoms with E-state index in [9.17, 15) is 9.50 Å². The first-order valence-electron chi connectivity index (χ1n) is 7.25. The molecule has 3 atom stereocenters. The molecule has 0 spiro atoms. The Labute approximate surface area is 120 Å². The number of hydrogen-bond donors (Lipinski definition) is 1. The summed E-state index contributed by atoms with van der Waals surface area (Å²) >= 11 is 0. The summed E-state index contributed by atoms with van der Waals surface area (Å²) in [5.74, 6) is 1.39. The van der Waals surface area contributed by atoms with Gasteiger partial charge in [-0.2, -0.15) is 0 Å². The molecule has 112 valence electrons. The highest BCUT2D eigenvalue weighted by Crippen LogP contribution is 2.30. The van der Waals surface area contributed by atoms with Crippen LogP contribution < -0.4 is 4.74 Å². The number of aliphatic hydroxyl groups is 1. The van der Waals surface area contributed by atoms with E-state index in [2.05, 4.69) is 18.7 Å². The molecule has 1 aromatic rings. The summed E-state index contributed by atoms with van der Waals surface area (Å²) in [5, 5.41) is 10.3. The second-order valence-electron chi connectivity index (χ2n) is 5.87. The highest BCUT2D eigenvalue weighted by atomic mass is 19.1. The molecule has 0 aliphatic carbocycles. The van der Waals surface area contributed by atoms with Crippen molar-refractivity contribution in [1.82, 2.24) is 4.90 Å². The number of methoxy groups -OCH3 is 1. The summed E-state index contributed by atoms with van der Waals surface area (Å²) in [6, 6.07) is 4.64. The van der Waals surface area contributed by atoms with Gasteiger partial charge in [0.2, 0.25) is 0 Å². The van der Waals surface area contributed by atoms with Gasteiger partial charge in [0.25, 0.3) is 0 Å². The molecule has 1 saturated heterocycles. The number of rotatable bonds is 5. The van der Waals surface area contributed by atoms with Gasteiger partial charge in [0, 0.05) is 19.6 Å². The Hall–Kier alpha value is -1.13. The van der Waals surface area contributed by atoms with Gasteiger partial charge in [-0.1, -0.05) is 19.9 Å². The first-order chi connectivity index (χ1) is 9.52.